The van der Waals surface area contributed by atoms with Gasteiger partial charge in [-0.05, 0) is 29.9 Å². The molecule has 0 N–H and O–H groups in total. The lowest BCUT2D eigenvalue weighted by molar-refractivity contribution is 0.357. The molecule has 0 aliphatic carbocycles. The fraction of sp³-hybridized carbons (Fsp3) is 0.917. The smallest absolute Gasteiger partial charge is 0.102 e. The largest absolute Gasteiger partial charge is 0.163 e. The Labute approximate surface area is 93.1 Å². The van der Waals surface area contributed by atoms with Crippen LogP contribution in [0.1, 0.15) is 59.3 Å². The molecule has 3 nitrogen and oxygen atoms in total. The Bertz CT molecular complexity index is 236. The molecule has 0 spiro atoms. The van der Waals surface area contributed by atoms with Crippen molar-refractivity contribution in [3.63, 3.8) is 0 Å². The van der Waals surface area contributed by atoms with Crippen LogP contribution >= 0.6 is 0 Å². The van der Waals surface area contributed by atoms with Crippen molar-refractivity contribution >= 4 is 5.71 Å². The van der Waals surface area contributed by atoms with E-state index in [4.69, 9.17) is 0 Å². The Kier molecular flexibility index (Phi) is 4.92. The molecule has 0 fully saturated rings. The molecule has 0 aromatic heterocycles. The van der Waals surface area contributed by atoms with Crippen molar-refractivity contribution in [3.8, 4) is 0 Å². The molecule has 15 heavy (non-hydrogen) atoms. The maximum Gasteiger partial charge on any atom is 0.102 e. The SMILES string of the molecule is CC(C)(C)CCCCCCC1=NN=NC1. The van der Waals surface area contributed by atoms with Gasteiger partial charge < -0.3 is 0 Å². The van der Waals surface area contributed by atoms with Gasteiger partial charge in [0, 0.05) is 0 Å². The molecule has 0 saturated carbocycles. The lowest BCUT2D eigenvalue weighted by Crippen LogP contribution is -2.04. The minimum Gasteiger partial charge on any atom is -0.163 e. The van der Waals surface area contributed by atoms with Gasteiger partial charge in [-0.3, -0.25) is 0 Å². The summed E-state index contributed by atoms with van der Waals surface area (Å²) in [5.41, 5.74) is 1.65. The van der Waals surface area contributed by atoms with Gasteiger partial charge in [-0.2, -0.15) is 5.11 Å². The average molecular weight is 209 g/mol. The number of rotatable bonds is 6. The van der Waals surface area contributed by atoms with Gasteiger partial charge in [0.1, 0.15) is 6.54 Å². The first-order valence-corrected chi connectivity index (χ1v) is 6.00. The highest BCUT2D eigenvalue weighted by Crippen LogP contribution is 2.22. The monoisotopic (exact) mass is 209 g/mol. The zero-order valence-corrected chi connectivity index (χ0v) is 10.3. The minimum absolute atomic E-state index is 0.493. The molecule has 0 saturated heterocycles. The maximum atomic E-state index is 3.97. The Morgan fingerprint density at radius 3 is 2.40 bits per heavy atom. The van der Waals surface area contributed by atoms with E-state index in [0.29, 0.717) is 5.41 Å². The Morgan fingerprint density at radius 1 is 1.07 bits per heavy atom. The van der Waals surface area contributed by atoms with Gasteiger partial charge in [0.25, 0.3) is 0 Å². The first kappa shape index (κ1) is 12.3. The summed E-state index contributed by atoms with van der Waals surface area (Å²) in [6.07, 6.45) is 7.67. The van der Waals surface area contributed by atoms with Gasteiger partial charge >= 0.3 is 0 Å². The van der Waals surface area contributed by atoms with Crippen LogP contribution in [0.2, 0.25) is 0 Å². The fourth-order valence-electron chi connectivity index (χ4n) is 1.71. The van der Waals surface area contributed by atoms with Crippen LogP contribution in [0.4, 0.5) is 0 Å². The molecule has 0 radical (unpaired) electrons. The normalized spacial score (nSPS) is 15.8. The summed E-state index contributed by atoms with van der Waals surface area (Å²) in [5, 5.41) is 11.4. The van der Waals surface area contributed by atoms with Crippen LogP contribution < -0.4 is 0 Å². The molecule has 0 aromatic rings. The predicted octanol–water partition coefficient (Wildman–Crippen LogP) is 4.19. The van der Waals surface area contributed by atoms with Crippen LogP contribution in [0.15, 0.2) is 15.4 Å². The molecular weight excluding hydrogens is 186 g/mol. The second-order valence-corrected chi connectivity index (χ2v) is 5.53. The van der Waals surface area contributed by atoms with Crippen LogP contribution in [0.5, 0.6) is 0 Å². The molecule has 0 bridgehead atoms. The number of hydrogen-bond donors (Lipinski definition) is 0. The first-order chi connectivity index (χ1) is 7.08. The number of nitrogens with zero attached hydrogens (tertiary/aromatic N) is 3. The topological polar surface area (TPSA) is 37.1 Å². The highest BCUT2D eigenvalue weighted by molar-refractivity contribution is 5.86. The average Bonchev–Trinajstić information content (AvgIpc) is 2.61. The standard InChI is InChI=1S/C12H23N3/c1-12(2,3)9-7-5-4-6-8-11-10-13-15-14-11/h4-10H2,1-3H3. The van der Waals surface area contributed by atoms with E-state index in [1.165, 1.54) is 32.1 Å². The Balaban J connectivity index is 1.89. The molecule has 1 aliphatic heterocycles. The molecule has 0 atom stereocenters. The van der Waals surface area contributed by atoms with E-state index in [0.717, 1.165) is 18.7 Å². The Morgan fingerprint density at radius 2 is 1.80 bits per heavy atom. The molecule has 1 rings (SSSR count). The minimum atomic E-state index is 0.493. The maximum absolute atomic E-state index is 3.97. The van der Waals surface area contributed by atoms with E-state index in [-0.39, 0.29) is 0 Å². The summed E-state index contributed by atoms with van der Waals surface area (Å²) >= 11 is 0. The van der Waals surface area contributed by atoms with E-state index in [2.05, 4.69) is 36.2 Å². The van der Waals surface area contributed by atoms with Crippen molar-refractivity contribution in [2.75, 3.05) is 6.54 Å². The van der Waals surface area contributed by atoms with Gasteiger partial charge in [0.2, 0.25) is 0 Å². The van der Waals surface area contributed by atoms with Gasteiger partial charge in [-0.1, -0.05) is 40.0 Å². The van der Waals surface area contributed by atoms with Crippen LogP contribution in [0.25, 0.3) is 0 Å². The van der Waals surface area contributed by atoms with Crippen molar-refractivity contribution in [1.82, 2.24) is 0 Å². The fourth-order valence-corrected chi connectivity index (χ4v) is 1.71. The highest BCUT2D eigenvalue weighted by atomic mass is 15.4. The summed E-state index contributed by atoms with van der Waals surface area (Å²) in [7, 11) is 0. The van der Waals surface area contributed by atoms with Crippen molar-refractivity contribution in [1.29, 1.82) is 0 Å². The van der Waals surface area contributed by atoms with E-state index in [9.17, 15) is 0 Å². The lowest BCUT2D eigenvalue weighted by atomic mass is 9.89. The van der Waals surface area contributed by atoms with Crippen LogP contribution in [0, 0.1) is 5.41 Å². The van der Waals surface area contributed by atoms with Gasteiger partial charge in [-0.25, -0.2) is 0 Å². The first-order valence-electron chi connectivity index (χ1n) is 6.00. The van der Waals surface area contributed by atoms with Crippen LogP contribution in [-0.4, -0.2) is 12.3 Å². The van der Waals surface area contributed by atoms with E-state index < -0.39 is 0 Å². The summed E-state index contributed by atoms with van der Waals surface area (Å²) < 4.78 is 0. The van der Waals surface area contributed by atoms with Crippen molar-refractivity contribution in [3.05, 3.63) is 0 Å². The Hall–Kier alpha value is -0.730. The lowest BCUT2D eigenvalue weighted by Gasteiger charge is -2.17. The third-order valence-corrected chi connectivity index (χ3v) is 2.64. The van der Waals surface area contributed by atoms with Crippen molar-refractivity contribution in [2.45, 2.75) is 59.3 Å². The third kappa shape index (κ3) is 6.37. The molecule has 0 amide bonds. The van der Waals surface area contributed by atoms with Crippen molar-refractivity contribution in [2.24, 2.45) is 20.9 Å². The van der Waals surface area contributed by atoms with Gasteiger partial charge in [0.05, 0.1) is 5.71 Å². The summed E-state index contributed by atoms with van der Waals surface area (Å²) in [4.78, 5) is 0. The molecule has 3 heteroatoms. The molecule has 1 aliphatic rings. The van der Waals surface area contributed by atoms with E-state index >= 15 is 0 Å². The molecule has 1 heterocycles. The van der Waals surface area contributed by atoms with Crippen LogP contribution in [-0.2, 0) is 0 Å². The quantitative estimate of drug-likeness (QED) is 0.588. The molecule has 0 aromatic carbocycles. The summed E-state index contributed by atoms with van der Waals surface area (Å²) in [6, 6.07) is 0. The number of hydrogen-bond acceptors (Lipinski definition) is 3. The van der Waals surface area contributed by atoms with Gasteiger partial charge in [-0.15, -0.1) is 5.10 Å². The zero-order chi connectivity index (χ0) is 11.1. The second-order valence-electron chi connectivity index (χ2n) is 5.53. The second kappa shape index (κ2) is 5.99. The molecular formula is C12H23N3. The summed E-state index contributed by atoms with van der Waals surface area (Å²) in [5.74, 6) is 0. The predicted molar refractivity (Wildman–Crippen MR) is 64.3 cm³/mol. The third-order valence-electron chi connectivity index (χ3n) is 2.64. The van der Waals surface area contributed by atoms with Crippen molar-refractivity contribution < 1.29 is 0 Å². The van der Waals surface area contributed by atoms with E-state index in [1.807, 2.05) is 0 Å². The van der Waals surface area contributed by atoms with E-state index in [1.54, 1.807) is 0 Å². The molecule has 0 unspecified atom stereocenters. The highest BCUT2D eigenvalue weighted by Gasteiger charge is 2.09. The zero-order valence-electron chi connectivity index (χ0n) is 10.3. The number of unbranched alkanes of at least 4 members (excludes halogenated alkanes) is 3. The van der Waals surface area contributed by atoms with Crippen LogP contribution in [0.3, 0.4) is 0 Å². The molecule has 86 valence electrons. The summed E-state index contributed by atoms with van der Waals surface area (Å²) in [6.45, 7) is 7.66. The van der Waals surface area contributed by atoms with Gasteiger partial charge in [0.15, 0.2) is 0 Å².